The lowest BCUT2D eigenvalue weighted by molar-refractivity contribution is 0.410. The number of thioether (sulfide) groups is 2. The summed E-state index contributed by atoms with van der Waals surface area (Å²) in [4.78, 5) is 17.0. The average Bonchev–Trinajstić information content (AvgIpc) is 2.69. The molecule has 0 bridgehead atoms. The van der Waals surface area contributed by atoms with Crippen LogP contribution >= 0.6 is 23.5 Å². The molecule has 2 heterocycles. The average molecular weight is 457 g/mol. The van der Waals surface area contributed by atoms with Crippen LogP contribution < -0.4 is 0 Å². The summed E-state index contributed by atoms with van der Waals surface area (Å²) in [5.41, 5.74) is 5.56. The van der Waals surface area contributed by atoms with Crippen molar-refractivity contribution in [3.05, 3.63) is 35.2 Å². The van der Waals surface area contributed by atoms with Gasteiger partial charge in [-0.15, -0.1) is 23.5 Å². The van der Waals surface area contributed by atoms with E-state index in [0.29, 0.717) is 0 Å². The Hall–Kier alpha value is -1.34. The first kappa shape index (κ1) is 24.3. The first-order chi connectivity index (χ1) is 14.8. The molecule has 168 valence electrons. The summed E-state index contributed by atoms with van der Waals surface area (Å²) >= 11 is 3.92. The number of fused-ring (bicyclic) bond motifs is 2. The highest BCUT2D eigenvalue weighted by Gasteiger charge is 2.15. The van der Waals surface area contributed by atoms with E-state index >= 15 is 0 Å². The Morgan fingerprint density at radius 2 is 1.10 bits per heavy atom. The van der Waals surface area contributed by atoms with Crippen LogP contribution in [0.1, 0.15) is 29.8 Å². The van der Waals surface area contributed by atoms with Gasteiger partial charge in [0, 0.05) is 37.5 Å². The maximum atomic E-state index is 4.92. The zero-order valence-corrected chi connectivity index (χ0v) is 21.7. The predicted octanol–water partition coefficient (Wildman–Crippen LogP) is 5.80. The SMILES string of the molecule is Cc1cc(SCCCN(C)C)c2cc3c(SCCCN(C)C)cc(C)nc3c(C)c2n1. The summed E-state index contributed by atoms with van der Waals surface area (Å²) in [7, 11) is 8.55. The van der Waals surface area contributed by atoms with Gasteiger partial charge in [0.25, 0.3) is 0 Å². The summed E-state index contributed by atoms with van der Waals surface area (Å²) in [5.74, 6) is 2.23. The van der Waals surface area contributed by atoms with Crippen LogP contribution in [0, 0.1) is 20.8 Å². The van der Waals surface area contributed by atoms with Gasteiger partial charge in [-0.1, -0.05) is 0 Å². The van der Waals surface area contributed by atoms with Gasteiger partial charge in [-0.2, -0.15) is 0 Å². The zero-order valence-electron chi connectivity index (χ0n) is 20.1. The second-order valence-electron chi connectivity index (χ2n) is 8.83. The molecule has 3 aromatic rings. The first-order valence-electron chi connectivity index (χ1n) is 11.0. The molecule has 0 aliphatic heterocycles. The smallest absolute Gasteiger partial charge is 0.0767 e. The Kier molecular flexibility index (Phi) is 8.62. The number of aromatic nitrogens is 2. The van der Waals surface area contributed by atoms with E-state index in [4.69, 9.17) is 9.97 Å². The molecule has 0 saturated carbocycles. The van der Waals surface area contributed by atoms with Crippen molar-refractivity contribution in [3.63, 3.8) is 0 Å². The fourth-order valence-electron chi connectivity index (χ4n) is 3.78. The van der Waals surface area contributed by atoms with Crippen molar-refractivity contribution in [1.82, 2.24) is 19.8 Å². The largest absolute Gasteiger partial charge is 0.309 e. The molecule has 0 saturated heterocycles. The monoisotopic (exact) mass is 456 g/mol. The molecule has 6 heteroatoms. The molecular weight excluding hydrogens is 420 g/mol. The van der Waals surface area contributed by atoms with E-state index in [1.165, 1.54) is 39.0 Å². The number of pyridine rings is 2. The van der Waals surface area contributed by atoms with Gasteiger partial charge in [0.2, 0.25) is 0 Å². The molecule has 0 unspecified atom stereocenters. The normalized spacial score (nSPS) is 12.0. The quantitative estimate of drug-likeness (QED) is 0.218. The highest BCUT2D eigenvalue weighted by Crippen LogP contribution is 2.37. The number of hydrogen-bond acceptors (Lipinski definition) is 6. The molecule has 4 nitrogen and oxygen atoms in total. The van der Waals surface area contributed by atoms with E-state index < -0.39 is 0 Å². The molecular formula is C25H36N4S2. The van der Waals surface area contributed by atoms with Gasteiger partial charge in [-0.25, -0.2) is 0 Å². The summed E-state index contributed by atoms with van der Waals surface area (Å²) in [6, 6.07) is 6.85. The molecule has 0 N–H and O–H groups in total. The fourth-order valence-corrected chi connectivity index (χ4v) is 5.89. The van der Waals surface area contributed by atoms with Crippen molar-refractivity contribution < 1.29 is 0 Å². The molecule has 0 amide bonds. The number of nitrogens with zero attached hydrogens (tertiary/aromatic N) is 4. The van der Waals surface area contributed by atoms with Crippen LogP contribution in [0.2, 0.25) is 0 Å². The Morgan fingerprint density at radius 3 is 1.48 bits per heavy atom. The second-order valence-corrected chi connectivity index (χ2v) is 11.1. The molecule has 3 rings (SSSR count). The molecule has 0 atom stereocenters. The Morgan fingerprint density at radius 1 is 0.677 bits per heavy atom. The minimum absolute atomic E-state index is 1.08. The lowest BCUT2D eigenvalue weighted by Crippen LogP contribution is -2.13. The van der Waals surface area contributed by atoms with Gasteiger partial charge in [0.05, 0.1) is 11.0 Å². The van der Waals surface area contributed by atoms with Crippen LogP contribution in [0.5, 0.6) is 0 Å². The molecule has 0 aliphatic rings. The third-order valence-corrected chi connectivity index (χ3v) is 7.59. The lowest BCUT2D eigenvalue weighted by atomic mass is 10.0. The summed E-state index contributed by atoms with van der Waals surface area (Å²) < 4.78 is 0. The number of hydrogen-bond donors (Lipinski definition) is 0. The maximum absolute atomic E-state index is 4.92. The molecule has 0 aliphatic carbocycles. The number of rotatable bonds is 10. The summed E-state index contributed by atoms with van der Waals surface area (Å²) in [6.45, 7) is 8.62. The van der Waals surface area contributed by atoms with Crippen LogP contribution in [0.4, 0.5) is 0 Å². The van der Waals surface area contributed by atoms with Crippen molar-refractivity contribution in [2.45, 2.75) is 43.4 Å². The van der Waals surface area contributed by atoms with Crippen LogP contribution in [0.15, 0.2) is 28.0 Å². The van der Waals surface area contributed by atoms with Crippen LogP contribution in [0.25, 0.3) is 21.8 Å². The van der Waals surface area contributed by atoms with E-state index in [1.807, 2.05) is 23.5 Å². The van der Waals surface area contributed by atoms with Crippen molar-refractivity contribution in [2.24, 2.45) is 0 Å². The maximum Gasteiger partial charge on any atom is 0.0767 e. The van der Waals surface area contributed by atoms with Gasteiger partial charge in [0.1, 0.15) is 0 Å². The Labute approximate surface area is 196 Å². The highest BCUT2D eigenvalue weighted by molar-refractivity contribution is 7.99. The lowest BCUT2D eigenvalue weighted by Gasteiger charge is -2.15. The molecule has 2 aromatic heterocycles. The van der Waals surface area contributed by atoms with Gasteiger partial charge in [0.15, 0.2) is 0 Å². The van der Waals surface area contributed by atoms with Crippen LogP contribution in [0.3, 0.4) is 0 Å². The van der Waals surface area contributed by atoms with Gasteiger partial charge in [-0.3, -0.25) is 9.97 Å². The minimum atomic E-state index is 1.08. The van der Waals surface area contributed by atoms with E-state index in [1.54, 1.807) is 0 Å². The predicted molar refractivity (Wildman–Crippen MR) is 139 cm³/mol. The van der Waals surface area contributed by atoms with Crippen molar-refractivity contribution >= 4 is 45.3 Å². The summed E-state index contributed by atoms with van der Waals surface area (Å²) in [5, 5.41) is 2.54. The summed E-state index contributed by atoms with van der Waals surface area (Å²) in [6.07, 6.45) is 2.36. The fraction of sp³-hybridized carbons (Fsp3) is 0.520. The third kappa shape index (κ3) is 6.35. The molecule has 31 heavy (non-hydrogen) atoms. The van der Waals surface area contributed by atoms with E-state index in [9.17, 15) is 0 Å². The molecule has 0 radical (unpaired) electrons. The standard InChI is InChI=1S/C25H36N4S2/c1-17-14-22(30-12-8-10-28(4)5)20-16-21-23(31-13-9-11-29(6)7)15-18(2)27-25(21)19(3)24(20)26-17/h14-16H,8-13H2,1-7H3. The second kappa shape index (κ2) is 11.0. The van der Waals surface area contributed by atoms with Crippen molar-refractivity contribution in [2.75, 3.05) is 52.8 Å². The van der Waals surface area contributed by atoms with Gasteiger partial charge >= 0.3 is 0 Å². The molecule has 0 spiro atoms. The van der Waals surface area contributed by atoms with Crippen LogP contribution in [-0.2, 0) is 0 Å². The zero-order chi connectivity index (χ0) is 22.5. The van der Waals surface area contributed by atoms with Crippen molar-refractivity contribution in [3.8, 4) is 0 Å². The number of aryl methyl sites for hydroxylation is 3. The highest BCUT2D eigenvalue weighted by atomic mass is 32.2. The molecule has 0 fully saturated rings. The Bertz CT molecular complexity index is 967. The Balaban J connectivity index is 2.01. The topological polar surface area (TPSA) is 32.3 Å². The van der Waals surface area contributed by atoms with E-state index in [2.05, 4.69) is 77.0 Å². The van der Waals surface area contributed by atoms with E-state index in [0.717, 1.165) is 47.0 Å². The van der Waals surface area contributed by atoms with Crippen LogP contribution in [-0.4, -0.2) is 72.6 Å². The third-order valence-electron chi connectivity index (χ3n) is 5.31. The molecule has 1 aromatic carbocycles. The minimum Gasteiger partial charge on any atom is -0.309 e. The van der Waals surface area contributed by atoms with Gasteiger partial charge in [-0.05, 0) is 105 Å². The van der Waals surface area contributed by atoms with Crippen molar-refractivity contribution in [1.29, 1.82) is 0 Å². The van der Waals surface area contributed by atoms with E-state index in [-0.39, 0.29) is 0 Å². The van der Waals surface area contributed by atoms with Gasteiger partial charge < -0.3 is 9.80 Å². The number of benzene rings is 1. The first-order valence-corrected chi connectivity index (χ1v) is 13.0.